The monoisotopic (exact) mass is 276 g/mol. The topological polar surface area (TPSA) is 89.9 Å². The summed E-state index contributed by atoms with van der Waals surface area (Å²) in [7, 11) is 0. The van der Waals surface area contributed by atoms with Gasteiger partial charge in [-0.3, -0.25) is 9.59 Å². The molecule has 3 atom stereocenters. The third-order valence-electron chi connectivity index (χ3n) is 3.86. The van der Waals surface area contributed by atoms with Crippen molar-refractivity contribution in [2.75, 3.05) is 6.54 Å². The van der Waals surface area contributed by atoms with E-state index in [1.54, 1.807) is 24.3 Å². The molecule has 2 amide bonds. The molecule has 0 bridgehead atoms. The van der Waals surface area contributed by atoms with Crippen LogP contribution in [0.3, 0.4) is 0 Å². The molecule has 2 fully saturated rings. The lowest BCUT2D eigenvalue weighted by molar-refractivity contribution is -0.147. The number of amides is 2. The Labute approximate surface area is 116 Å². The van der Waals surface area contributed by atoms with Gasteiger partial charge in [0.25, 0.3) is 0 Å². The minimum atomic E-state index is -0.623. The number of hydrogen-bond acceptors (Lipinski definition) is 4. The maximum atomic E-state index is 12.3. The van der Waals surface area contributed by atoms with Crippen LogP contribution in [-0.4, -0.2) is 51.7 Å². The lowest BCUT2D eigenvalue weighted by Crippen LogP contribution is -2.61. The second kappa shape index (κ2) is 4.79. The smallest absolute Gasteiger partial charge is 0.246 e. The molecule has 3 N–H and O–H groups in total. The summed E-state index contributed by atoms with van der Waals surface area (Å²) in [4.78, 5) is 25.8. The summed E-state index contributed by atoms with van der Waals surface area (Å²) in [5, 5.41) is 21.6. The van der Waals surface area contributed by atoms with Gasteiger partial charge in [0, 0.05) is 19.4 Å². The zero-order valence-electron chi connectivity index (χ0n) is 10.8. The van der Waals surface area contributed by atoms with Gasteiger partial charge in [0.1, 0.15) is 17.8 Å². The van der Waals surface area contributed by atoms with E-state index < -0.39 is 18.2 Å². The van der Waals surface area contributed by atoms with E-state index in [0.29, 0.717) is 12.8 Å². The lowest BCUT2D eigenvalue weighted by Gasteiger charge is -2.34. The van der Waals surface area contributed by atoms with Crippen molar-refractivity contribution in [1.82, 2.24) is 10.2 Å². The Balaban J connectivity index is 1.76. The van der Waals surface area contributed by atoms with Gasteiger partial charge in [0.05, 0.1) is 6.10 Å². The van der Waals surface area contributed by atoms with Crippen molar-refractivity contribution >= 4 is 11.8 Å². The van der Waals surface area contributed by atoms with E-state index in [1.165, 1.54) is 4.90 Å². The van der Waals surface area contributed by atoms with E-state index in [-0.39, 0.29) is 24.1 Å². The third kappa shape index (κ3) is 2.22. The molecular formula is C14H16N2O4. The highest BCUT2D eigenvalue weighted by Crippen LogP contribution is 2.24. The molecule has 1 aromatic carbocycles. The maximum absolute atomic E-state index is 12.3. The number of nitrogens with zero attached hydrogens (tertiary/aromatic N) is 1. The first kappa shape index (κ1) is 12.9. The average Bonchev–Trinajstić information content (AvgIpc) is 2.81. The molecule has 2 saturated heterocycles. The highest BCUT2D eigenvalue weighted by Gasteiger charge is 2.45. The first-order valence-electron chi connectivity index (χ1n) is 6.61. The Bertz CT molecular complexity index is 543. The molecule has 0 radical (unpaired) electrons. The van der Waals surface area contributed by atoms with E-state index in [0.717, 1.165) is 5.56 Å². The number of aliphatic hydroxyl groups excluding tert-OH is 1. The SMILES string of the molecule is O=C1N[C@H](Cc2ccc(O)cc2)C(=O)N2C[C@@H](O)C[C@H]12. The van der Waals surface area contributed by atoms with Crippen molar-refractivity contribution in [3.8, 4) is 5.75 Å². The van der Waals surface area contributed by atoms with Crippen LogP contribution in [0.5, 0.6) is 5.75 Å². The molecule has 0 aliphatic carbocycles. The number of fused-ring (bicyclic) bond motifs is 1. The largest absolute Gasteiger partial charge is 0.508 e. The normalized spacial score (nSPS) is 29.2. The Hall–Kier alpha value is -2.08. The highest BCUT2D eigenvalue weighted by molar-refractivity contribution is 5.97. The van der Waals surface area contributed by atoms with E-state index in [9.17, 15) is 19.8 Å². The highest BCUT2D eigenvalue weighted by atomic mass is 16.3. The number of phenolic OH excluding ortho intramolecular Hbond substituents is 1. The van der Waals surface area contributed by atoms with Crippen molar-refractivity contribution in [2.24, 2.45) is 0 Å². The number of rotatable bonds is 2. The minimum Gasteiger partial charge on any atom is -0.508 e. The van der Waals surface area contributed by atoms with E-state index in [4.69, 9.17) is 0 Å². The molecule has 0 saturated carbocycles. The third-order valence-corrected chi connectivity index (χ3v) is 3.86. The number of piperazine rings is 1. The zero-order chi connectivity index (χ0) is 14.3. The molecule has 0 aromatic heterocycles. The van der Waals surface area contributed by atoms with Crippen molar-refractivity contribution < 1.29 is 19.8 Å². The zero-order valence-corrected chi connectivity index (χ0v) is 10.8. The summed E-state index contributed by atoms with van der Waals surface area (Å²) in [6.07, 6.45) is 0.0651. The van der Waals surface area contributed by atoms with Crippen LogP contribution < -0.4 is 5.32 Å². The molecule has 3 rings (SSSR count). The van der Waals surface area contributed by atoms with Crippen LogP contribution in [0, 0.1) is 0 Å². The van der Waals surface area contributed by atoms with Crippen LogP contribution >= 0.6 is 0 Å². The molecule has 1 aromatic rings. The predicted octanol–water partition coefficient (Wildman–Crippen LogP) is -0.605. The number of benzene rings is 1. The van der Waals surface area contributed by atoms with Crippen LogP contribution in [-0.2, 0) is 16.0 Å². The summed E-state index contributed by atoms with van der Waals surface area (Å²) in [5.74, 6) is -0.195. The Morgan fingerprint density at radius 2 is 1.95 bits per heavy atom. The first-order valence-corrected chi connectivity index (χ1v) is 6.61. The first-order chi connectivity index (χ1) is 9.54. The molecule has 2 aliphatic rings. The molecule has 106 valence electrons. The van der Waals surface area contributed by atoms with Gasteiger partial charge in [-0.15, -0.1) is 0 Å². The average molecular weight is 276 g/mol. The molecule has 0 spiro atoms. The van der Waals surface area contributed by atoms with Gasteiger partial charge >= 0.3 is 0 Å². The fourth-order valence-electron chi connectivity index (χ4n) is 2.84. The Kier molecular flexibility index (Phi) is 3.10. The van der Waals surface area contributed by atoms with Gasteiger partial charge in [0.15, 0.2) is 0 Å². The second-order valence-corrected chi connectivity index (χ2v) is 5.33. The van der Waals surface area contributed by atoms with Gasteiger partial charge in [-0.25, -0.2) is 0 Å². The number of carbonyl (C=O) groups excluding carboxylic acids is 2. The van der Waals surface area contributed by atoms with E-state index in [2.05, 4.69) is 5.32 Å². The van der Waals surface area contributed by atoms with Crippen molar-refractivity contribution in [3.05, 3.63) is 29.8 Å². The number of aliphatic hydroxyl groups is 1. The van der Waals surface area contributed by atoms with Gasteiger partial charge < -0.3 is 20.4 Å². The van der Waals surface area contributed by atoms with E-state index >= 15 is 0 Å². The maximum Gasteiger partial charge on any atom is 0.246 e. The number of nitrogens with one attached hydrogen (secondary N) is 1. The predicted molar refractivity (Wildman–Crippen MR) is 69.9 cm³/mol. The number of phenols is 1. The number of hydrogen-bond donors (Lipinski definition) is 3. The van der Waals surface area contributed by atoms with Gasteiger partial charge in [-0.1, -0.05) is 12.1 Å². The lowest BCUT2D eigenvalue weighted by atomic mass is 10.0. The summed E-state index contributed by atoms with van der Waals surface area (Å²) >= 11 is 0. The summed E-state index contributed by atoms with van der Waals surface area (Å²) in [6, 6.07) is 5.40. The van der Waals surface area contributed by atoms with Crippen LogP contribution in [0.1, 0.15) is 12.0 Å². The van der Waals surface area contributed by atoms with Crippen LogP contribution in [0.4, 0.5) is 0 Å². The molecule has 20 heavy (non-hydrogen) atoms. The van der Waals surface area contributed by atoms with Crippen molar-refractivity contribution in [1.29, 1.82) is 0 Å². The standard InChI is InChI=1S/C14H16N2O4/c17-9-3-1-8(2-4-9)5-11-14(20)16-7-10(18)6-12(16)13(19)15-11/h1-4,10-12,17-18H,5-7H2,(H,15,19)/t10-,11+,12+/m0/s1. The fraction of sp³-hybridized carbons (Fsp3) is 0.429. The summed E-state index contributed by atoms with van der Waals surface area (Å²) < 4.78 is 0. The second-order valence-electron chi connectivity index (χ2n) is 5.33. The van der Waals surface area contributed by atoms with Crippen LogP contribution in [0.25, 0.3) is 0 Å². The van der Waals surface area contributed by atoms with Gasteiger partial charge in [-0.2, -0.15) is 0 Å². The summed E-state index contributed by atoms with van der Waals surface area (Å²) in [6.45, 7) is 0.225. The number of carbonyl (C=O) groups is 2. The van der Waals surface area contributed by atoms with Gasteiger partial charge in [0.2, 0.25) is 11.8 Å². The summed E-state index contributed by atoms with van der Waals surface area (Å²) in [5.41, 5.74) is 0.861. The molecule has 2 aliphatic heterocycles. The Morgan fingerprint density at radius 3 is 2.65 bits per heavy atom. The van der Waals surface area contributed by atoms with Gasteiger partial charge in [-0.05, 0) is 17.7 Å². The Morgan fingerprint density at radius 1 is 1.25 bits per heavy atom. The van der Waals surface area contributed by atoms with Crippen molar-refractivity contribution in [2.45, 2.75) is 31.0 Å². The molecule has 6 nitrogen and oxygen atoms in total. The fourth-order valence-corrected chi connectivity index (χ4v) is 2.84. The minimum absolute atomic E-state index is 0.153. The number of aromatic hydroxyl groups is 1. The van der Waals surface area contributed by atoms with Crippen LogP contribution in [0.15, 0.2) is 24.3 Å². The van der Waals surface area contributed by atoms with Crippen LogP contribution in [0.2, 0.25) is 0 Å². The van der Waals surface area contributed by atoms with E-state index in [1.807, 2.05) is 0 Å². The molecule has 2 heterocycles. The van der Waals surface area contributed by atoms with Crippen molar-refractivity contribution in [3.63, 3.8) is 0 Å². The quantitative estimate of drug-likeness (QED) is 0.672. The molecule has 0 unspecified atom stereocenters. The molecular weight excluding hydrogens is 260 g/mol. The molecule has 6 heteroatoms.